The summed E-state index contributed by atoms with van der Waals surface area (Å²) in [5.41, 5.74) is 1.55. The standard InChI is InChI=1S/C21H22N2O5/c1-27-18-9-5-8-17(11-18)22-19(24)14-28-21(26)16-10-20(25)23(13-16)12-15-6-3-2-4-7-15/h2-9,11,16H,10,12-14H2,1H3,(H,22,24)/t16-/m1/s1. The number of esters is 1. The molecule has 0 spiro atoms. The molecule has 3 rings (SSSR count). The van der Waals surface area contributed by atoms with Crippen LogP contribution < -0.4 is 10.1 Å². The van der Waals surface area contributed by atoms with E-state index in [0.717, 1.165) is 5.56 Å². The van der Waals surface area contributed by atoms with Crippen LogP contribution in [0.3, 0.4) is 0 Å². The number of likely N-dealkylation sites (tertiary alicyclic amines) is 1. The van der Waals surface area contributed by atoms with Crippen LogP contribution in [-0.4, -0.2) is 42.9 Å². The minimum absolute atomic E-state index is 0.0911. The third kappa shape index (κ3) is 5.09. The molecule has 1 fully saturated rings. The molecule has 0 saturated carbocycles. The average molecular weight is 382 g/mol. The molecule has 1 heterocycles. The number of hydrogen-bond donors (Lipinski definition) is 1. The van der Waals surface area contributed by atoms with E-state index < -0.39 is 24.4 Å². The van der Waals surface area contributed by atoms with Crippen molar-refractivity contribution in [1.82, 2.24) is 4.90 Å². The van der Waals surface area contributed by atoms with Crippen molar-refractivity contribution in [3.63, 3.8) is 0 Å². The Morgan fingerprint density at radius 1 is 1.14 bits per heavy atom. The van der Waals surface area contributed by atoms with Crippen LogP contribution >= 0.6 is 0 Å². The highest BCUT2D eigenvalue weighted by molar-refractivity contribution is 5.93. The number of nitrogens with zero attached hydrogens (tertiary/aromatic N) is 1. The molecule has 146 valence electrons. The third-order valence-electron chi connectivity index (χ3n) is 4.46. The van der Waals surface area contributed by atoms with Crippen LogP contribution in [0.25, 0.3) is 0 Å². The van der Waals surface area contributed by atoms with Gasteiger partial charge in [-0.25, -0.2) is 0 Å². The highest BCUT2D eigenvalue weighted by atomic mass is 16.5. The smallest absolute Gasteiger partial charge is 0.311 e. The number of rotatable bonds is 7. The third-order valence-corrected chi connectivity index (χ3v) is 4.46. The number of methoxy groups -OCH3 is 1. The van der Waals surface area contributed by atoms with Gasteiger partial charge in [0.25, 0.3) is 5.91 Å². The highest BCUT2D eigenvalue weighted by Crippen LogP contribution is 2.21. The first kappa shape index (κ1) is 19.4. The summed E-state index contributed by atoms with van der Waals surface area (Å²) in [5.74, 6) is -1.03. The van der Waals surface area contributed by atoms with Crippen molar-refractivity contribution in [3.8, 4) is 5.75 Å². The Balaban J connectivity index is 1.47. The van der Waals surface area contributed by atoms with Gasteiger partial charge in [-0.15, -0.1) is 0 Å². The molecule has 0 radical (unpaired) electrons. The first-order valence-electron chi connectivity index (χ1n) is 8.97. The van der Waals surface area contributed by atoms with E-state index in [9.17, 15) is 14.4 Å². The second-order valence-electron chi connectivity index (χ2n) is 6.55. The van der Waals surface area contributed by atoms with Crippen molar-refractivity contribution in [1.29, 1.82) is 0 Å². The summed E-state index contributed by atoms with van der Waals surface area (Å²) < 4.78 is 10.2. The maximum absolute atomic E-state index is 12.2. The molecule has 2 aromatic rings. The molecular formula is C21H22N2O5. The van der Waals surface area contributed by atoms with E-state index >= 15 is 0 Å². The zero-order valence-electron chi connectivity index (χ0n) is 15.6. The largest absolute Gasteiger partial charge is 0.497 e. The molecule has 0 aliphatic carbocycles. The number of hydrogen-bond acceptors (Lipinski definition) is 5. The van der Waals surface area contributed by atoms with E-state index in [-0.39, 0.29) is 12.3 Å². The normalized spacial score (nSPS) is 16.0. The lowest BCUT2D eigenvalue weighted by molar-refractivity contribution is -0.151. The lowest BCUT2D eigenvalue weighted by Crippen LogP contribution is -2.28. The van der Waals surface area contributed by atoms with E-state index in [2.05, 4.69) is 5.32 Å². The fraction of sp³-hybridized carbons (Fsp3) is 0.286. The Labute approximate surface area is 163 Å². The summed E-state index contributed by atoms with van der Waals surface area (Å²) in [6, 6.07) is 16.5. The zero-order chi connectivity index (χ0) is 19.9. The molecule has 7 nitrogen and oxygen atoms in total. The second-order valence-corrected chi connectivity index (χ2v) is 6.55. The molecule has 0 unspecified atom stereocenters. The fourth-order valence-electron chi connectivity index (χ4n) is 3.04. The number of carbonyl (C=O) groups is 3. The van der Waals surface area contributed by atoms with Crippen LogP contribution in [0.15, 0.2) is 54.6 Å². The Morgan fingerprint density at radius 3 is 2.68 bits per heavy atom. The molecule has 2 aromatic carbocycles. The quantitative estimate of drug-likeness (QED) is 0.743. The SMILES string of the molecule is COc1cccc(NC(=O)COC(=O)[C@@H]2CC(=O)N(Cc3ccccc3)C2)c1. The van der Waals surface area contributed by atoms with Gasteiger partial charge >= 0.3 is 5.97 Å². The lowest BCUT2D eigenvalue weighted by atomic mass is 10.1. The molecule has 0 bridgehead atoms. The molecule has 28 heavy (non-hydrogen) atoms. The molecular weight excluding hydrogens is 360 g/mol. The Hall–Kier alpha value is -3.35. The van der Waals surface area contributed by atoms with Crippen molar-refractivity contribution in [2.75, 3.05) is 25.6 Å². The van der Waals surface area contributed by atoms with Gasteiger partial charge in [-0.2, -0.15) is 0 Å². The summed E-state index contributed by atoms with van der Waals surface area (Å²) in [5, 5.41) is 2.64. The number of nitrogens with one attached hydrogen (secondary N) is 1. The first-order valence-corrected chi connectivity index (χ1v) is 8.97. The number of carbonyl (C=O) groups excluding carboxylic acids is 3. The van der Waals surface area contributed by atoms with Crippen LogP contribution in [0.4, 0.5) is 5.69 Å². The predicted octanol–water partition coefficient (Wildman–Crippen LogP) is 2.23. The highest BCUT2D eigenvalue weighted by Gasteiger charge is 2.35. The Kier molecular flexibility index (Phi) is 6.26. The summed E-state index contributed by atoms with van der Waals surface area (Å²) >= 11 is 0. The summed E-state index contributed by atoms with van der Waals surface area (Å²) in [6.45, 7) is 0.350. The number of amides is 2. The van der Waals surface area contributed by atoms with Crippen molar-refractivity contribution >= 4 is 23.5 Å². The van der Waals surface area contributed by atoms with Crippen LogP contribution in [0.1, 0.15) is 12.0 Å². The summed E-state index contributed by atoms with van der Waals surface area (Å²) in [4.78, 5) is 38.0. The minimum atomic E-state index is -0.555. The van der Waals surface area contributed by atoms with Gasteiger partial charge in [-0.3, -0.25) is 14.4 Å². The zero-order valence-corrected chi connectivity index (χ0v) is 15.6. The van der Waals surface area contributed by atoms with Gasteiger partial charge in [0, 0.05) is 31.3 Å². The van der Waals surface area contributed by atoms with Crippen LogP contribution in [0.5, 0.6) is 5.75 Å². The van der Waals surface area contributed by atoms with Crippen LogP contribution in [0.2, 0.25) is 0 Å². The molecule has 2 amide bonds. The van der Waals surface area contributed by atoms with Crippen molar-refractivity contribution in [2.45, 2.75) is 13.0 Å². The molecule has 1 N–H and O–H groups in total. The maximum Gasteiger partial charge on any atom is 0.311 e. The van der Waals surface area contributed by atoms with Gasteiger partial charge in [0.05, 0.1) is 13.0 Å². The van der Waals surface area contributed by atoms with Crippen molar-refractivity contribution in [2.24, 2.45) is 5.92 Å². The second kappa shape index (κ2) is 9.03. The van der Waals surface area contributed by atoms with Crippen LogP contribution in [0, 0.1) is 5.92 Å². The van der Waals surface area contributed by atoms with Gasteiger partial charge < -0.3 is 19.7 Å². The lowest BCUT2D eigenvalue weighted by Gasteiger charge is -2.16. The molecule has 1 aliphatic heterocycles. The van der Waals surface area contributed by atoms with Gasteiger partial charge in [0.2, 0.25) is 5.91 Å². The van der Waals surface area contributed by atoms with Crippen molar-refractivity contribution < 1.29 is 23.9 Å². The molecule has 0 aromatic heterocycles. The molecule has 1 aliphatic rings. The number of ether oxygens (including phenoxy) is 2. The molecule has 1 atom stereocenters. The fourth-order valence-corrected chi connectivity index (χ4v) is 3.04. The van der Waals surface area contributed by atoms with E-state index in [1.807, 2.05) is 30.3 Å². The summed E-state index contributed by atoms with van der Waals surface area (Å²) in [7, 11) is 1.53. The molecule has 7 heteroatoms. The number of benzene rings is 2. The predicted molar refractivity (Wildman–Crippen MR) is 103 cm³/mol. The number of anilines is 1. The van der Waals surface area contributed by atoms with E-state index in [0.29, 0.717) is 24.5 Å². The van der Waals surface area contributed by atoms with E-state index in [1.54, 1.807) is 29.2 Å². The topological polar surface area (TPSA) is 84.9 Å². The maximum atomic E-state index is 12.2. The Bertz CT molecular complexity index is 853. The summed E-state index contributed by atoms with van der Waals surface area (Å²) in [6.07, 6.45) is 0.100. The van der Waals surface area contributed by atoms with Gasteiger partial charge in [0.15, 0.2) is 6.61 Å². The first-order chi connectivity index (χ1) is 13.5. The van der Waals surface area contributed by atoms with Crippen molar-refractivity contribution in [3.05, 3.63) is 60.2 Å². The average Bonchev–Trinajstić information content (AvgIpc) is 3.07. The van der Waals surface area contributed by atoms with Gasteiger partial charge in [-0.05, 0) is 17.7 Å². The van der Waals surface area contributed by atoms with Gasteiger partial charge in [0.1, 0.15) is 5.75 Å². The van der Waals surface area contributed by atoms with E-state index in [4.69, 9.17) is 9.47 Å². The molecule has 1 saturated heterocycles. The minimum Gasteiger partial charge on any atom is -0.497 e. The monoisotopic (exact) mass is 382 g/mol. The van der Waals surface area contributed by atoms with Crippen LogP contribution in [-0.2, 0) is 25.7 Å². The van der Waals surface area contributed by atoms with E-state index in [1.165, 1.54) is 7.11 Å². The van der Waals surface area contributed by atoms with Gasteiger partial charge in [-0.1, -0.05) is 36.4 Å². The Morgan fingerprint density at radius 2 is 1.93 bits per heavy atom.